The Labute approximate surface area is 176 Å². The van der Waals surface area contributed by atoms with E-state index >= 15 is 0 Å². The summed E-state index contributed by atoms with van der Waals surface area (Å²) < 4.78 is 0. The van der Waals surface area contributed by atoms with Crippen LogP contribution in [0.1, 0.15) is 46.4 Å². The van der Waals surface area contributed by atoms with Gasteiger partial charge < -0.3 is 15.5 Å². The number of piperazine rings is 1. The Morgan fingerprint density at radius 3 is 2.27 bits per heavy atom. The molecular formula is C22H29N5O3. The lowest BCUT2D eigenvalue weighted by Gasteiger charge is -2.41. The summed E-state index contributed by atoms with van der Waals surface area (Å²) in [7, 11) is 0. The third-order valence-corrected chi connectivity index (χ3v) is 7.01. The van der Waals surface area contributed by atoms with Crippen LogP contribution in [0.5, 0.6) is 0 Å². The number of nitrogens with zero attached hydrogens (tertiary/aromatic N) is 3. The lowest BCUT2D eigenvalue weighted by molar-refractivity contribution is -0.123. The van der Waals surface area contributed by atoms with Crippen molar-refractivity contribution in [1.82, 2.24) is 20.4 Å². The van der Waals surface area contributed by atoms with E-state index in [9.17, 15) is 14.4 Å². The molecule has 0 spiro atoms. The van der Waals surface area contributed by atoms with E-state index in [4.69, 9.17) is 0 Å². The summed E-state index contributed by atoms with van der Waals surface area (Å²) >= 11 is 0. The second-order valence-electron chi connectivity index (χ2n) is 8.71. The normalized spacial score (nSPS) is 26.1. The summed E-state index contributed by atoms with van der Waals surface area (Å²) in [6.07, 6.45) is 3.31. The molecular weight excluding hydrogens is 382 g/mol. The van der Waals surface area contributed by atoms with Crippen molar-refractivity contribution in [3.8, 4) is 0 Å². The Kier molecular flexibility index (Phi) is 5.20. The van der Waals surface area contributed by atoms with Crippen molar-refractivity contribution in [2.75, 3.05) is 50.7 Å². The molecule has 2 N–H and O–H groups in total. The molecule has 0 aliphatic carbocycles. The lowest BCUT2D eigenvalue weighted by atomic mass is 10.0. The molecule has 1 aromatic carbocycles. The van der Waals surface area contributed by atoms with Crippen LogP contribution in [0.15, 0.2) is 18.2 Å². The summed E-state index contributed by atoms with van der Waals surface area (Å²) in [6.45, 7) is 6.48. The molecule has 0 bridgehead atoms. The van der Waals surface area contributed by atoms with Gasteiger partial charge in [-0.1, -0.05) is 0 Å². The molecule has 3 saturated heterocycles. The molecule has 8 nitrogen and oxygen atoms in total. The highest BCUT2D eigenvalue weighted by Gasteiger charge is 2.41. The summed E-state index contributed by atoms with van der Waals surface area (Å²) in [5, 5.41) is 6.20. The number of rotatable bonds is 3. The third kappa shape index (κ3) is 3.48. The monoisotopic (exact) mass is 411 g/mol. The number of imide groups is 1. The number of hydrogen-bond donors (Lipinski definition) is 2. The molecule has 1 atom stereocenters. The molecule has 3 fully saturated rings. The molecule has 4 aliphatic rings. The van der Waals surface area contributed by atoms with Crippen molar-refractivity contribution >= 4 is 23.4 Å². The van der Waals surface area contributed by atoms with Gasteiger partial charge in [-0.15, -0.1) is 0 Å². The van der Waals surface area contributed by atoms with Gasteiger partial charge in [-0.3, -0.25) is 24.2 Å². The number of carbonyl (C=O) groups is 3. The zero-order valence-electron chi connectivity index (χ0n) is 17.2. The van der Waals surface area contributed by atoms with E-state index in [0.29, 0.717) is 36.6 Å². The van der Waals surface area contributed by atoms with Gasteiger partial charge in [-0.25, -0.2) is 0 Å². The highest BCUT2D eigenvalue weighted by molar-refractivity contribution is 6.22. The largest absolute Gasteiger partial charge is 0.369 e. The average Bonchev–Trinajstić information content (AvgIpc) is 3.05. The van der Waals surface area contributed by atoms with Gasteiger partial charge >= 0.3 is 0 Å². The third-order valence-electron chi connectivity index (χ3n) is 7.01. The molecule has 4 heterocycles. The van der Waals surface area contributed by atoms with Crippen LogP contribution in [0.2, 0.25) is 0 Å². The minimum absolute atomic E-state index is 0.0197. The van der Waals surface area contributed by atoms with E-state index in [1.54, 1.807) is 6.07 Å². The lowest BCUT2D eigenvalue weighted by Crippen LogP contribution is -2.52. The van der Waals surface area contributed by atoms with Crippen molar-refractivity contribution < 1.29 is 14.4 Å². The van der Waals surface area contributed by atoms with Gasteiger partial charge in [-0.05, 0) is 50.6 Å². The van der Waals surface area contributed by atoms with Gasteiger partial charge in [0.15, 0.2) is 0 Å². The van der Waals surface area contributed by atoms with Gasteiger partial charge in [0, 0.05) is 50.9 Å². The predicted octanol–water partition coefficient (Wildman–Crippen LogP) is 0.435. The molecule has 5 rings (SSSR count). The van der Waals surface area contributed by atoms with Crippen LogP contribution in [-0.2, 0) is 4.79 Å². The fourth-order valence-electron chi connectivity index (χ4n) is 5.23. The second kappa shape index (κ2) is 8.00. The molecule has 1 unspecified atom stereocenters. The predicted molar refractivity (Wildman–Crippen MR) is 113 cm³/mol. The number of fused-ring (bicyclic) bond motifs is 1. The highest BCUT2D eigenvalue weighted by Crippen LogP contribution is 2.31. The SMILES string of the molecule is O=C1CCC(N2C(=O)c3ccc(N4CCN(C5CCNCC5)CC4)cc3C2=O)CN1. The van der Waals surface area contributed by atoms with Crippen LogP contribution in [0.25, 0.3) is 0 Å². The van der Waals surface area contributed by atoms with Crippen LogP contribution in [-0.4, -0.2) is 85.4 Å². The van der Waals surface area contributed by atoms with E-state index in [1.807, 2.05) is 12.1 Å². The maximum Gasteiger partial charge on any atom is 0.261 e. The first-order chi connectivity index (χ1) is 14.6. The first-order valence-electron chi connectivity index (χ1n) is 11.1. The van der Waals surface area contributed by atoms with Crippen LogP contribution >= 0.6 is 0 Å². The molecule has 4 aliphatic heterocycles. The van der Waals surface area contributed by atoms with Crippen molar-refractivity contribution in [1.29, 1.82) is 0 Å². The van der Waals surface area contributed by atoms with E-state index in [2.05, 4.69) is 20.4 Å². The first-order valence-corrected chi connectivity index (χ1v) is 11.1. The van der Waals surface area contributed by atoms with Crippen molar-refractivity contribution in [3.05, 3.63) is 29.3 Å². The summed E-state index contributed by atoms with van der Waals surface area (Å²) in [4.78, 5) is 43.6. The number of anilines is 1. The van der Waals surface area contributed by atoms with E-state index in [0.717, 1.165) is 45.0 Å². The van der Waals surface area contributed by atoms with Crippen LogP contribution in [0.4, 0.5) is 5.69 Å². The summed E-state index contributed by atoms with van der Waals surface area (Å²) in [5.41, 5.74) is 1.99. The van der Waals surface area contributed by atoms with Crippen LogP contribution < -0.4 is 15.5 Å². The van der Waals surface area contributed by atoms with Gasteiger partial charge in [-0.2, -0.15) is 0 Å². The number of carbonyl (C=O) groups excluding carboxylic acids is 3. The Hall–Kier alpha value is -2.45. The van der Waals surface area contributed by atoms with Crippen molar-refractivity contribution in [3.63, 3.8) is 0 Å². The maximum atomic E-state index is 13.0. The molecule has 0 radical (unpaired) electrons. The fourth-order valence-corrected chi connectivity index (χ4v) is 5.23. The molecule has 1 aromatic rings. The Morgan fingerprint density at radius 2 is 1.57 bits per heavy atom. The maximum absolute atomic E-state index is 13.0. The standard InChI is InChI=1S/C22H29N5O3/c28-20-4-2-17(14-24-20)27-21(29)18-3-1-16(13-19(18)22(27)30)26-11-9-25(10-12-26)15-5-7-23-8-6-15/h1,3,13,15,17,23H,2,4-12,14H2,(H,24,28). The van der Waals surface area contributed by atoms with Crippen molar-refractivity contribution in [2.45, 2.75) is 37.8 Å². The Bertz CT molecular complexity index is 848. The minimum atomic E-state index is -0.257. The second-order valence-corrected chi connectivity index (χ2v) is 8.71. The van der Waals surface area contributed by atoms with Crippen molar-refractivity contribution in [2.24, 2.45) is 0 Å². The number of benzene rings is 1. The number of piperidine rings is 2. The smallest absolute Gasteiger partial charge is 0.261 e. The molecule has 160 valence electrons. The van der Waals surface area contributed by atoms with Gasteiger partial charge in [0.25, 0.3) is 11.8 Å². The Balaban J connectivity index is 1.27. The summed E-state index contributed by atoms with van der Waals surface area (Å²) in [6, 6.07) is 6.07. The number of nitrogens with one attached hydrogen (secondary N) is 2. The molecule has 8 heteroatoms. The molecule has 30 heavy (non-hydrogen) atoms. The molecule has 0 aromatic heterocycles. The average molecular weight is 412 g/mol. The van der Waals surface area contributed by atoms with Gasteiger partial charge in [0.1, 0.15) is 0 Å². The van der Waals surface area contributed by atoms with E-state index in [-0.39, 0.29) is 23.8 Å². The quantitative estimate of drug-likeness (QED) is 0.702. The fraction of sp³-hybridized carbons (Fsp3) is 0.591. The van der Waals surface area contributed by atoms with E-state index < -0.39 is 0 Å². The highest BCUT2D eigenvalue weighted by atomic mass is 16.2. The van der Waals surface area contributed by atoms with Crippen LogP contribution in [0, 0.1) is 0 Å². The topological polar surface area (TPSA) is 85.0 Å². The zero-order chi connectivity index (χ0) is 20.7. The van der Waals surface area contributed by atoms with Gasteiger partial charge in [0.05, 0.1) is 17.2 Å². The van der Waals surface area contributed by atoms with Crippen LogP contribution in [0.3, 0.4) is 0 Å². The zero-order valence-corrected chi connectivity index (χ0v) is 17.2. The number of amides is 3. The Morgan fingerprint density at radius 1 is 0.833 bits per heavy atom. The summed E-state index contributed by atoms with van der Waals surface area (Å²) in [5.74, 6) is -0.487. The van der Waals surface area contributed by atoms with E-state index in [1.165, 1.54) is 17.7 Å². The first kappa shape index (κ1) is 19.5. The number of hydrogen-bond acceptors (Lipinski definition) is 6. The minimum Gasteiger partial charge on any atom is -0.369 e. The molecule has 3 amide bonds. The molecule has 0 saturated carbocycles. The van der Waals surface area contributed by atoms with Gasteiger partial charge in [0.2, 0.25) is 5.91 Å².